The van der Waals surface area contributed by atoms with Crippen LogP contribution in [0.2, 0.25) is 0 Å². The summed E-state index contributed by atoms with van der Waals surface area (Å²) in [4.78, 5) is 4.19. The van der Waals surface area contributed by atoms with Gasteiger partial charge in [-0.25, -0.2) is 4.98 Å². The minimum absolute atomic E-state index is 0.703. The number of anilines is 1. The number of hydrogen-bond acceptors (Lipinski definition) is 2. The molecule has 0 atom stereocenters. The predicted molar refractivity (Wildman–Crippen MR) is 56.7 cm³/mol. The maximum absolute atomic E-state index is 5.81. The number of fused-ring (bicyclic) bond motifs is 1. The molecule has 0 aliphatic rings. The molecule has 2 N–H and O–H groups in total. The highest BCUT2D eigenvalue weighted by Crippen LogP contribution is 2.23. The van der Waals surface area contributed by atoms with E-state index in [9.17, 15) is 0 Å². The Morgan fingerprint density at radius 1 is 1.62 bits per heavy atom. The second kappa shape index (κ2) is 3.03. The molecule has 0 spiro atoms. The second-order valence-corrected chi connectivity index (χ2v) is 3.72. The highest BCUT2D eigenvalue weighted by atomic mass is 79.9. The first-order valence-electron chi connectivity index (χ1n) is 4.14. The first-order chi connectivity index (χ1) is 6.24. The van der Waals surface area contributed by atoms with Gasteiger partial charge in [0, 0.05) is 22.6 Å². The fourth-order valence-electron chi connectivity index (χ4n) is 1.47. The molecule has 13 heavy (non-hydrogen) atoms. The first-order valence-corrected chi connectivity index (χ1v) is 4.93. The summed E-state index contributed by atoms with van der Waals surface area (Å²) in [5.41, 5.74) is 8.54. The summed E-state index contributed by atoms with van der Waals surface area (Å²) in [7, 11) is 0. The number of nitrogen functional groups attached to an aromatic ring is 1. The van der Waals surface area contributed by atoms with Crippen LogP contribution in [-0.2, 0) is 6.42 Å². The second-order valence-electron chi connectivity index (χ2n) is 2.87. The quantitative estimate of drug-likeness (QED) is 0.830. The molecule has 2 aromatic heterocycles. The fourth-order valence-corrected chi connectivity index (χ4v) is 2.19. The molecule has 0 unspecified atom stereocenters. The van der Waals surface area contributed by atoms with Gasteiger partial charge in [0.05, 0.1) is 5.69 Å². The Kier molecular flexibility index (Phi) is 2.00. The van der Waals surface area contributed by atoms with Gasteiger partial charge in [-0.1, -0.05) is 6.92 Å². The van der Waals surface area contributed by atoms with Gasteiger partial charge in [-0.2, -0.15) is 0 Å². The van der Waals surface area contributed by atoms with E-state index in [2.05, 4.69) is 27.8 Å². The molecule has 0 aliphatic heterocycles. The van der Waals surface area contributed by atoms with E-state index in [1.807, 2.05) is 16.7 Å². The molecule has 0 saturated heterocycles. The fraction of sp³-hybridized carbons (Fsp3) is 0.222. The summed E-state index contributed by atoms with van der Waals surface area (Å²) in [6.07, 6.45) is 4.64. The van der Waals surface area contributed by atoms with Crippen LogP contribution in [0.15, 0.2) is 22.9 Å². The van der Waals surface area contributed by atoms with Gasteiger partial charge in [0.25, 0.3) is 0 Å². The summed E-state index contributed by atoms with van der Waals surface area (Å²) < 4.78 is 3.05. The Labute approximate surface area is 84.7 Å². The van der Waals surface area contributed by atoms with E-state index < -0.39 is 0 Å². The summed E-state index contributed by atoms with van der Waals surface area (Å²) in [6.45, 7) is 2.11. The Morgan fingerprint density at radius 2 is 2.38 bits per heavy atom. The monoisotopic (exact) mass is 239 g/mol. The summed E-state index contributed by atoms with van der Waals surface area (Å²) in [5, 5.41) is 0. The van der Waals surface area contributed by atoms with Crippen LogP contribution in [0.3, 0.4) is 0 Å². The number of nitrogens with zero attached hydrogens (tertiary/aromatic N) is 2. The molecule has 0 radical (unpaired) electrons. The first kappa shape index (κ1) is 8.56. The third kappa shape index (κ3) is 1.21. The third-order valence-corrected chi connectivity index (χ3v) is 2.77. The lowest BCUT2D eigenvalue weighted by Crippen LogP contribution is -1.99. The largest absolute Gasteiger partial charge is 0.396 e. The molecule has 68 valence electrons. The maximum Gasteiger partial charge on any atom is 0.160 e. The van der Waals surface area contributed by atoms with Crippen molar-refractivity contribution >= 4 is 27.3 Å². The minimum atomic E-state index is 0.703. The van der Waals surface area contributed by atoms with Gasteiger partial charge >= 0.3 is 0 Å². The average Bonchev–Trinajstić information content (AvgIpc) is 2.53. The summed E-state index contributed by atoms with van der Waals surface area (Å²) in [5.74, 6) is 0. The van der Waals surface area contributed by atoms with Crippen molar-refractivity contribution in [3.05, 3.63) is 28.6 Å². The molecule has 2 aromatic rings. The van der Waals surface area contributed by atoms with Crippen molar-refractivity contribution in [1.29, 1.82) is 0 Å². The van der Waals surface area contributed by atoms with Crippen LogP contribution in [0.1, 0.15) is 12.6 Å². The topological polar surface area (TPSA) is 43.3 Å². The standard InChI is InChI=1S/C9H10BrN3/c1-2-8-6(10)5-7(11)9-12-3-4-13(8)9/h3-5H,2,11H2,1H3. The highest BCUT2D eigenvalue weighted by molar-refractivity contribution is 9.10. The van der Waals surface area contributed by atoms with Crippen molar-refractivity contribution in [3.8, 4) is 0 Å². The Bertz CT molecular complexity index is 447. The Hall–Kier alpha value is -1.03. The molecule has 0 aromatic carbocycles. The minimum Gasteiger partial charge on any atom is -0.396 e. The Morgan fingerprint density at radius 3 is 3.08 bits per heavy atom. The normalized spacial score (nSPS) is 10.9. The molecule has 3 nitrogen and oxygen atoms in total. The smallest absolute Gasteiger partial charge is 0.160 e. The molecule has 0 amide bonds. The van der Waals surface area contributed by atoms with Gasteiger partial charge in [0.1, 0.15) is 0 Å². The number of rotatable bonds is 1. The number of pyridine rings is 1. The van der Waals surface area contributed by atoms with Crippen LogP contribution in [0.4, 0.5) is 5.69 Å². The summed E-state index contributed by atoms with van der Waals surface area (Å²) >= 11 is 3.48. The van der Waals surface area contributed by atoms with Gasteiger partial charge in [-0.15, -0.1) is 0 Å². The van der Waals surface area contributed by atoms with E-state index in [4.69, 9.17) is 5.73 Å². The van der Waals surface area contributed by atoms with Crippen molar-refractivity contribution in [2.75, 3.05) is 5.73 Å². The lowest BCUT2D eigenvalue weighted by atomic mass is 10.2. The SMILES string of the molecule is CCc1c(Br)cc(N)c2nccn12. The van der Waals surface area contributed by atoms with Crippen LogP contribution >= 0.6 is 15.9 Å². The number of imidazole rings is 1. The molecule has 0 fully saturated rings. The van der Waals surface area contributed by atoms with E-state index in [-0.39, 0.29) is 0 Å². The van der Waals surface area contributed by atoms with Crippen molar-refractivity contribution < 1.29 is 0 Å². The predicted octanol–water partition coefficient (Wildman–Crippen LogP) is 2.24. The molecular weight excluding hydrogens is 230 g/mol. The van der Waals surface area contributed by atoms with E-state index in [1.165, 1.54) is 5.69 Å². The zero-order valence-electron chi connectivity index (χ0n) is 7.29. The number of aryl methyl sites for hydroxylation is 1. The van der Waals surface area contributed by atoms with Gasteiger partial charge in [0.2, 0.25) is 0 Å². The van der Waals surface area contributed by atoms with Gasteiger partial charge < -0.3 is 10.1 Å². The average molecular weight is 240 g/mol. The molecule has 0 aliphatic carbocycles. The third-order valence-electron chi connectivity index (χ3n) is 2.08. The van der Waals surface area contributed by atoms with Gasteiger partial charge in [-0.3, -0.25) is 0 Å². The van der Waals surface area contributed by atoms with Crippen LogP contribution in [0.25, 0.3) is 5.65 Å². The molecule has 0 bridgehead atoms. The zero-order chi connectivity index (χ0) is 9.42. The molecule has 2 heterocycles. The maximum atomic E-state index is 5.81. The lowest BCUT2D eigenvalue weighted by Gasteiger charge is -2.07. The number of nitrogens with two attached hydrogens (primary N) is 1. The number of aromatic nitrogens is 2. The van der Waals surface area contributed by atoms with Gasteiger partial charge in [-0.05, 0) is 28.4 Å². The van der Waals surface area contributed by atoms with E-state index in [0.717, 1.165) is 16.5 Å². The lowest BCUT2D eigenvalue weighted by molar-refractivity contribution is 0.970. The summed E-state index contributed by atoms with van der Waals surface area (Å²) in [6, 6.07) is 1.90. The number of hydrogen-bond donors (Lipinski definition) is 1. The highest BCUT2D eigenvalue weighted by Gasteiger charge is 2.07. The van der Waals surface area contributed by atoms with Crippen LogP contribution < -0.4 is 5.73 Å². The van der Waals surface area contributed by atoms with Crippen molar-refractivity contribution in [2.45, 2.75) is 13.3 Å². The van der Waals surface area contributed by atoms with Crippen molar-refractivity contribution in [3.63, 3.8) is 0 Å². The molecule has 4 heteroatoms. The van der Waals surface area contributed by atoms with Crippen molar-refractivity contribution in [2.24, 2.45) is 0 Å². The van der Waals surface area contributed by atoms with Crippen LogP contribution in [-0.4, -0.2) is 9.38 Å². The van der Waals surface area contributed by atoms with Crippen LogP contribution in [0, 0.1) is 0 Å². The molecule has 2 rings (SSSR count). The van der Waals surface area contributed by atoms with E-state index in [1.54, 1.807) is 6.20 Å². The molecule has 0 saturated carbocycles. The zero-order valence-corrected chi connectivity index (χ0v) is 8.87. The number of halogens is 1. The Balaban J connectivity index is 2.88. The van der Waals surface area contributed by atoms with Crippen LogP contribution in [0.5, 0.6) is 0 Å². The van der Waals surface area contributed by atoms with Crippen molar-refractivity contribution in [1.82, 2.24) is 9.38 Å². The van der Waals surface area contributed by atoms with E-state index >= 15 is 0 Å². The van der Waals surface area contributed by atoms with E-state index in [0.29, 0.717) is 5.69 Å². The van der Waals surface area contributed by atoms with Gasteiger partial charge in [0.15, 0.2) is 5.65 Å². The molecular formula is C9H10BrN3.